The monoisotopic (exact) mass is 1070 g/mol. The lowest BCUT2D eigenvalue weighted by Crippen LogP contribution is -2.60. The first-order valence-corrected chi connectivity index (χ1v) is 23.9. The summed E-state index contributed by atoms with van der Waals surface area (Å²) in [4.78, 5) is 117. The Kier molecular flexibility index (Phi) is 28.0. The zero-order valence-electron chi connectivity index (χ0n) is 40.1. The van der Waals surface area contributed by atoms with Gasteiger partial charge < -0.3 is 68.8 Å². The molecule has 0 spiro atoms. The Morgan fingerprint density at radius 3 is 1.78 bits per heavy atom. The Balaban J connectivity index is 3.35. The first kappa shape index (κ1) is 61.0. The largest absolute Gasteiger partial charge is 0.507 e. The van der Waals surface area contributed by atoms with E-state index < -0.39 is 115 Å². The van der Waals surface area contributed by atoms with Crippen molar-refractivity contribution >= 4 is 76.2 Å². The molecule has 1 aromatic rings. The molecule has 22 nitrogen and oxygen atoms in total. The lowest BCUT2D eigenvalue weighted by molar-refractivity contribution is -0.138. The topological polar surface area (TPSA) is 374 Å². The summed E-state index contributed by atoms with van der Waals surface area (Å²) in [6.07, 6.45) is -0.910. The number of carbonyl (C=O) groups excluding carboxylic acids is 8. The van der Waals surface area contributed by atoms with Gasteiger partial charge in [0.05, 0.1) is 28.2 Å². The van der Waals surface area contributed by atoms with Crippen molar-refractivity contribution in [3.05, 3.63) is 27.3 Å². The predicted octanol–water partition coefficient (Wildman–Crippen LogP) is -0.745. The number of aliphatic hydroxyl groups excluding tert-OH is 1. The second-order valence-electron chi connectivity index (χ2n) is 18.2. The van der Waals surface area contributed by atoms with Gasteiger partial charge >= 0.3 is 5.97 Å². The molecule has 0 fully saturated rings. The molecule has 7 amide bonds. The number of rotatable bonds is 33. The third kappa shape index (κ3) is 23.4. The highest BCUT2D eigenvalue weighted by molar-refractivity contribution is 14.1. The van der Waals surface area contributed by atoms with E-state index in [9.17, 15) is 58.5 Å². The number of unbranched alkanes of at least 4 members (excludes halogenated alkanes) is 1. The molecular weight excluding hydrogens is 999 g/mol. The van der Waals surface area contributed by atoms with E-state index in [1.54, 1.807) is 39.8 Å². The van der Waals surface area contributed by atoms with Crippen molar-refractivity contribution in [2.75, 3.05) is 13.1 Å². The molecule has 0 heterocycles. The number of carboxylic acids is 1. The van der Waals surface area contributed by atoms with Crippen molar-refractivity contribution in [3.8, 4) is 5.75 Å². The zero-order chi connectivity index (χ0) is 51.8. The van der Waals surface area contributed by atoms with Crippen molar-refractivity contribution in [2.45, 2.75) is 161 Å². The van der Waals surface area contributed by atoms with E-state index in [0.29, 0.717) is 34.8 Å². The van der Waals surface area contributed by atoms with Gasteiger partial charge in [0.25, 0.3) is 0 Å². The fourth-order valence-electron chi connectivity index (χ4n) is 6.78. The minimum absolute atomic E-state index is 0.0165. The number of aldehydes is 1. The van der Waals surface area contributed by atoms with Crippen LogP contribution in [0.25, 0.3) is 0 Å². The maximum atomic E-state index is 14.0. The number of carbonyl (C=O) groups is 9. The Bertz CT molecular complexity index is 1850. The molecule has 0 saturated heterocycles. The predicted molar refractivity (Wildman–Crippen MR) is 260 cm³/mol. The number of primary amides is 1. The highest BCUT2D eigenvalue weighted by atomic mass is 127. The standard InChI is InChI=1S/C45H74IN10O12/c1-23(2)16-31(42(65)53-33(44(67)56-36(22-57)26(7)58)19-27-11-13-37(59)28(46)18-27)50-21-35(25(5)6)55-45(68)34(20-38(49)60)54-43(66)32(17-24(3)4)52-41(64)30(12-14-39(61)62)51-40(63)29(48)10-8-9-15-47/h11,13,18,22-26,29-36,48,50,58-59H,8-10,12,14-17,19-21,47H2,1-7H3,(H2,49,60)(H,51,63)(H,52,64)(H,53,65)(H,54,66)(H,55,68)(H,56,67)(H,61,62)/t26-,29+,30+,31+,32+,33+,34+,35-,36-/m1/s1. The lowest BCUT2D eigenvalue weighted by atomic mass is 9.98. The fourth-order valence-corrected chi connectivity index (χ4v) is 7.36. The molecule has 0 aromatic heterocycles. The summed E-state index contributed by atoms with van der Waals surface area (Å²) in [5.41, 5.74) is 19.8. The van der Waals surface area contributed by atoms with Crippen LogP contribution in [0.5, 0.6) is 5.75 Å². The van der Waals surface area contributed by atoms with Crippen LogP contribution in [0, 0.1) is 21.3 Å². The number of aliphatic hydroxyl groups is 1. The van der Waals surface area contributed by atoms with Crippen LogP contribution in [-0.4, -0.2) is 136 Å². The van der Waals surface area contributed by atoms with Crippen LogP contribution in [0.1, 0.15) is 105 Å². The van der Waals surface area contributed by atoms with Crippen LogP contribution in [0.3, 0.4) is 0 Å². The number of benzene rings is 1. The summed E-state index contributed by atoms with van der Waals surface area (Å²) in [6, 6.07) is -5.05. The van der Waals surface area contributed by atoms with Gasteiger partial charge in [0, 0.05) is 25.4 Å². The number of phenols is 1. The molecule has 1 aromatic carbocycles. The number of carboxylic acid groups (broad SMARTS) is 1. The Labute approximate surface area is 412 Å². The molecule has 0 saturated carbocycles. The van der Waals surface area contributed by atoms with Crippen molar-refractivity contribution < 1.29 is 58.5 Å². The maximum absolute atomic E-state index is 14.0. The number of phenolic OH excluding ortho intramolecular Hbond substituents is 1. The third-order valence-corrected chi connectivity index (χ3v) is 11.6. The van der Waals surface area contributed by atoms with Crippen LogP contribution in [0.4, 0.5) is 0 Å². The molecule has 0 aliphatic rings. The van der Waals surface area contributed by atoms with Crippen LogP contribution in [0.15, 0.2) is 18.2 Å². The number of hydrogen-bond donors (Lipinski definition) is 12. The lowest BCUT2D eigenvalue weighted by Gasteiger charge is -2.30. The van der Waals surface area contributed by atoms with Gasteiger partial charge in [0.2, 0.25) is 41.4 Å². The summed E-state index contributed by atoms with van der Waals surface area (Å²) in [7, 11) is 0. The van der Waals surface area contributed by atoms with E-state index in [0.717, 1.165) is 0 Å². The molecule has 68 heavy (non-hydrogen) atoms. The summed E-state index contributed by atoms with van der Waals surface area (Å²) in [6.45, 7) is 12.5. The molecule has 1 rings (SSSR count). The first-order valence-electron chi connectivity index (χ1n) is 22.9. The van der Waals surface area contributed by atoms with Crippen LogP contribution in [-0.2, 0) is 49.6 Å². The number of aromatic hydroxyl groups is 1. The normalized spacial score (nSPS) is 15.4. The number of nitrogens with one attached hydrogen (secondary N) is 8. The Morgan fingerprint density at radius 2 is 1.25 bits per heavy atom. The molecule has 15 N–H and O–H groups in total. The average molecular weight is 1070 g/mol. The SMILES string of the molecule is CC(C)C[C@H](NC[C@@H](NC(=O)[C@H](CC(N)=O)NC(=O)[C@H](CC(C)C)NC(=O)[C@H](CCC(=O)O)NC(=O)[C@@H]([NH])CCCCN)C(C)C)C(=O)N[C@@H](Cc1ccc(O)c(I)c1)C(=O)N[C@H](C=O)[C@@H](C)O. The van der Waals surface area contributed by atoms with Gasteiger partial charge in [-0.05, 0) is 104 Å². The molecular formula is C45H74IN10O12. The van der Waals surface area contributed by atoms with E-state index in [-0.39, 0.29) is 62.2 Å². The van der Waals surface area contributed by atoms with E-state index in [2.05, 4.69) is 37.2 Å². The molecule has 23 heteroatoms. The van der Waals surface area contributed by atoms with Crippen molar-refractivity contribution in [3.63, 3.8) is 0 Å². The number of nitrogens with two attached hydrogens (primary N) is 2. The molecule has 383 valence electrons. The van der Waals surface area contributed by atoms with Gasteiger partial charge in [-0.25, -0.2) is 5.73 Å². The van der Waals surface area contributed by atoms with Crippen molar-refractivity contribution in [1.82, 2.24) is 43.0 Å². The van der Waals surface area contributed by atoms with Gasteiger partial charge in [0.1, 0.15) is 42.2 Å². The summed E-state index contributed by atoms with van der Waals surface area (Å²) < 4.78 is 0.496. The van der Waals surface area contributed by atoms with E-state index >= 15 is 0 Å². The van der Waals surface area contributed by atoms with Gasteiger partial charge in [-0.1, -0.05) is 54.0 Å². The van der Waals surface area contributed by atoms with Crippen molar-refractivity contribution in [1.29, 1.82) is 0 Å². The van der Waals surface area contributed by atoms with E-state index in [1.165, 1.54) is 13.0 Å². The highest BCUT2D eigenvalue weighted by Gasteiger charge is 2.34. The third-order valence-electron chi connectivity index (χ3n) is 10.7. The van der Waals surface area contributed by atoms with Crippen LogP contribution < -0.4 is 54.4 Å². The highest BCUT2D eigenvalue weighted by Crippen LogP contribution is 2.21. The van der Waals surface area contributed by atoms with Gasteiger partial charge in [-0.2, -0.15) is 0 Å². The molecule has 1 radical (unpaired) electrons. The van der Waals surface area contributed by atoms with Crippen molar-refractivity contribution in [2.24, 2.45) is 29.2 Å². The number of amides is 7. The molecule has 9 atom stereocenters. The first-order chi connectivity index (χ1) is 31.8. The molecule has 0 bridgehead atoms. The quantitative estimate of drug-likeness (QED) is 0.0234. The van der Waals surface area contributed by atoms with Crippen LogP contribution in [0.2, 0.25) is 0 Å². The number of hydrogen-bond acceptors (Lipinski definition) is 13. The summed E-state index contributed by atoms with van der Waals surface area (Å²) in [5, 5.41) is 48.1. The number of halogens is 1. The molecule has 0 aliphatic carbocycles. The minimum Gasteiger partial charge on any atom is -0.507 e. The maximum Gasteiger partial charge on any atom is 0.303 e. The number of aliphatic carboxylic acids is 1. The molecule has 0 aliphatic heterocycles. The summed E-state index contributed by atoms with van der Waals surface area (Å²) >= 11 is 1.92. The van der Waals surface area contributed by atoms with Gasteiger partial charge in [-0.3, -0.25) is 38.4 Å². The average Bonchev–Trinajstić information content (AvgIpc) is 3.24. The second-order valence-corrected chi connectivity index (χ2v) is 19.3. The van der Waals surface area contributed by atoms with E-state index in [4.69, 9.17) is 17.2 Å². The second kappa shape index (κ2) is 31.2. The fraction of sp³-hybridized carbons (Fsp3) is 0.667. The zero-order valence-corrected chi connectivity index (χ0v) is 42.2. The Morgan fingerprint density at radius 1 is 0.721 bits per heavy atom. The minimum atomic E-state index is -1.54. The van der Waals surface area contributed by atoms with Crippen LogP contribution >= 0.6 is 22.6 Å². The Hall–Kier alpha value is -4.98. The molecule has 0 unspecified atom stereocenters. The van der Waals surface area contributed by atoms with E-state index in [1.807, 2.05) is 36.4 Å². The van der Waals surface area contributed by atoms with Gasteiger partial charge in [-0.15, -0.1) is 0 Å². The smallest absolute Gasteiger partial charge is 0.303 e. The van der Waals surface area contributed by atoms with Gasteiger partial charge in [0.15, 0.2) is 0 Å². The summed E-state index contributed by atoms with van der Waals surface area (Å²) in [5.74, 6) is -7.48.